The monoisotopic (exact) mass is 463 g/mol. The van der Waals surface area contributed by atoms with Gasteiger partial charge in [-0.15, -0.1) is 0 Å². The number of anilines is 1. The van der Waals surface area contributed by atoms with E-state index in [2.05, 4.69) is 10.4 Å². The molecule has 32 heavy (non-hydrogen) atoms. The van der Waals surface area contributed by atoms with E-state index in [4.69, 9.17) is 23.2 Å². The molecule has 0 saturated carbocycles. The second-order valence-corrected chi connectivity index (χ2v) is 8.12. The van der Waals surface area contributed by atoms with Gasteiger partial charge in [0.05, 0.1) is 12.1 Å². The van der Waals surface area contributed by atoms with Gasteiger partial charge in [0.2, 0.25) is 0 Å². The first kappa shape index (κ1) is 21.8. The summed E-state index contributed by atoms with van der Waals surface area (Å²) in [6.45, 7) is 2.35. The van der Waals surface area contributed by atoms with Gasteiger partial charge in [-0.1, -0.05) is 89.4 Å². The number of nitrogens with zero attached hydrogens (tertiary/aromatic N) is 2. The molecular weight excluding hydrogens is 445 g/mol. The Bertz CT molecular complexity index is 1300. The number of aryl methyl sites for hydroxylation is 1. The molecule has 0 fully saturated rings. The Morgan fingerprint density at radius 2 is 1.53 bits per heavy atom. The van der Waals surface area contributed by atoms with Gasteiger partial charge in [0.15, 0.2) is 11.6 Å². The molecule has 0 aliphatic heterocycles. The minimum absolute atomic E-state index is 0.210. The molecule has 1 N–H and O–H groups in total. The van der Waals surface area contributed by atoms with E-state index in [1.54, 1.807) is 53.3 Å². The number of hydrogen-bond acceptors (Lipinski definition) is 3. The van der Waals surface area contributed by atoms with Crippen LogP contribution in [0, 0.1) is 6.92 Å². The van der Waals surface area contributed by atoms with Crippen molar-refractivity contribution in [3.63, 3.8) is 0 Å². The average Bonchev–Trinajstić information content (AvgIpc) is 3.14. The summed E-state index contributed by atoms with van der Waals surface area (Å²) in [5.41, 5.74) is 2.99. The Balaban J connectivity index is 1.56. The predicted molar refractivity (Wildman–Crippen MR) is 127 cm³/mol. The van der Waals surface area contributed by atoms with Crippen molar-refractivity contribution >= 4 is 40.7 Å². The van der Waals surface area contributed by atoms with Crippen molar-refractivity contribution in [2.45, 2.75) is 13.5 Å². The van der Waals surface area contributed by atoms with Gasteiger partial charge in [0.25, 0.3) is 5.91 Å². The maximum absolute atomic E-state index is 13.0. The zero-order valence-corrected chi connectivity index (χ0v) is 18.7. The summed E-state index contributed by atoms with van der Waals surface area (Å²) in [7, 11) is 0. The highest BCUT2D eigenvalue weighted by Gasteiger charge is 2.20. The van der Waals surface area contributed by atoms with E-state index < -0.39 is 5.91 Å². The third kappa shape index (κ3) is 4.74. The van der Waals surface area contributed by atoms with Gasteiger partial charge in [-0.3, -0.25) is 14.3 Å². The highest BCUT2D eigenvalue weighted by molar-refractivity contribution is 6.33. The minimum Gasteiger partial charge on any atom is -0.304 e. The van der Waals surface area contributed by atoms with Crippen molar-refractivity contribution in [3.8, 4) is 0 Å². The molecule has 5 nitrogen and oxygen atoms in total. The summed E-state index contributed by atoms with van der Waals surface area (Å²) in [5.74, 6) is -0.488. The second-order valence-electron chi connectivity index (χ2n) is 7.31. The maximum atomic E-state index is 13.0. The van der Waals surface area contributed by atoms with Crippen LogP contribution in [0.25, 0.3) is 0 Å². The SMILES string of the molecule is Cc1ccc(C(=O)c2ccccc2C(=O)Nc2nn(Cc3ccccc3Cl)cc2Cl)cc1. The fraction of sp³-hybridized carbons (Fsp3) is 0.0800. The average molecular weight is 464 g/mol. The summed E-state index contributed by atoms with van der Waals surface area (Å²) in [6, 6.07) is 21.3. The summed E-state index contributed by atoms with van der Waals surface area (Å²) in [5, 5.41) is 7.98. The van der Waals surface area contributed by atoms with Crippen LogP contribution in [0.2, 0.25) is 10.0 Å². The van der Waals surface area contributed by atoms with Gasteiger partial charge in [0, 0.05) is 22.3 Å². The topological polar surface area (TPSA) is 64.0 Å². The summed E-state index contributed by atoms with van der Waals surface area (Å²) >= 11 is 12.5. The van der Waals surface area contributed by atoms with E-state index in [0.29, 0.717) is 22.7 Å². The van der Waals surface area contributed by atoms with Crippen molar-refractivity contribution in [2.24, 2.45) is 0 Å². The smallest absolute Gasteiger partial charge is 0.257 e. The Labute approximate surface area is 195 Å². The number of rotatable bonds is 6. The molecule has 0 saturated heterocycles. The van der Waals surface area contributed by atoms with E-state index in [9.17, 15) is 9.59 Å². The number of benzene rings is 3. The van der Waals surface area contributed by atoms with Crippen LogP contribution in [0.15, 0.2) is 79.0 Å². The molecule has 0 aliphatic rings. The van der Waals surface area contributed by atoms with Crippen LogP contribution in [-0.2, 0) is 6.54 Å². The van der Waals surface area contributed by atoms with Gasteiger partial charge < -0.3 is 5.32 Å². The summed E-state index contributed by atoms with van der Waals surface area (Å²) < 4.78 is 1.60. The number of ketones is 1. The minimum atomic E-state index is -0.467. The lowest BCUT2D eigenvalue weighted by atomic mass is 9.97. The maximum Gasteiger partial charge on any atom is 0.257 e. The number of hydrogen-bond donors (Lipinski definition) is 1. The number of halogens is 2. The van der Waals surface area contributed by atoms with Crippen molar-refractivity contribution in [1.29, 1.82) is 0 Å². The molecule has 1 heterocycles. The van der Waals surface area contributed by atoms with E-state index in [0.717, 1.165) is 11.1 Å². The highest BCUT2D eigenvalue weighted by Crippen LogP contribution is 2.24. The Hall–Kier alpha value is -3.41. The second kappa shape index (κ2) is 9.39. The largest absolute Gasteiger partial charge is 0.304 e. The first-order valence-corrected chi connectivity index (χ1v) is 10.7. The zero-order chi connectivity index (χ0) is 22.7. The molecule has 0 atom stereocenters. The highest BCUT2D eigenvalue weighted by atomic mass is 35.5. The molecule has 3 aromatic carbocycles. The first-order chi connectivity index (χ1) is 15.4. The number of carbonyl (C=O) groups excluding carboxylic acids is 2. The van der Waals surface area contributed by atoms with E-state index >= 15 is 0 Å². The predicted octanol–water partition coefficient (Wildman–Crippen LogP) is 6.03. The van der Waals surface area contributed by atoms with Gasteiger partial charge in [0.1, 0.15) is 5.02 Å². The van der Waals surface area contributed by atoms with Crippen molar-refractivity contribution in [2.75, 3.05) is 5.32 Å². The number of carbonyl (C=O) groups is 2. The third-order valence-corrected chi connectivity index (χ3v) is 5.61. The lowest BCUT2D eigenvalue weighted by Gasteiger charge is -2.09. The normalized spacial score (nSPS) is 10.7. The summed E-state index contributed by atoms with van der Waals surface area (Å²) in [6.07, 6.45) is 1.61. The molecule has 0 aliphatic carbocycles. The van der Waals surface area contributed by atoms with Gasteiger partial charge in [-0.2, -0.15) is 5.10 Å². The first-order valence-electron chi connectivity index (χ1n) is 9.90. The Morgan fingerprint density at radius 1 is 0.875 bits per heavy atom. The molecule has 4 aromatic rings. The molecule has 0 spiro atoms. The fourth-order valence-corrected chi connectivity index (χ4v) is 3.67. The van der Waals surface area contributed by atoms with Crippen molar-refractivity contribution in [1.82, 2.24) is 9.78 Å². The molecule has 0 unspecified atom stereocenters. The molecule has 160 valence electrons. The van der Waals surface area contributed by atoms with E-state index in [1.807, 2.05) is 37.3 Å². The van der Waals surface area contributed by atoms with Crippen LogP contribution < -0.4 is 5.32 Å². The molecule has 7 heteroatoms. The molecule has 1 aromatic heterocycles. The number of amides is 1. The fourth-order valence-electron chi connectivity index (χ4n) is 3.28. The lowest BCUT2D eigenvalue weighted by molar-refractivity contribution is 0.0996. The van der Waals surface area contributed by atoms with Crippen LogP contribution in [-0.4, -0.2) is 21.5 Å². The molecule has 0 radical (unpaired) electrons. The Morgan fingerprint density at radius 3 is 2.25 bits per heavy atom. The van der Waals surface area contributed by atoms with Crippen LogP contribution in [0.5, 0.6) is 0 Å². The zero-order valence-electron chi connectivity index (χ0n) is 17.2. The third-order valence-electron chi connectivity index (χ3n) is 4.97. The summed E-state index contributed by atoms with van der Waals surface area (Å²) in [4.78, 5) is 26.0. The number of nitrogens with one attached hydrogen (secondary N) is 1. The van der Waals surface area contributed by atoms with Crippen LogP contribution in [0.4, 0.5) is 5.82 Å². The van der Waals surface area contributed by atoms with E-state index in [1.165, 1.54) is 0 Å². The van der Waals surface area contributed by atoms with Gasteiger partial charge in [-0.25, -0.2) is 0 Å². The van der Waals surface area contributed by atoms with Gasteiger partial charge >= 0.3 is 0 Å². The molecular formula is C25H19Cl2N3O2. The number of aromatic nitrogens is 2. The molecule has 4 rings (SSSR count). The quantitative estimate of drug-likeness (QED) is 0.355. The molecule has 0 bridgehead atoms. The standard InChI is InChI=1S/C25H19Cl2N3O2/c1-16-10-12-17(13-11-16)23(31)19-7-3-4-8-20(19)25(32)28-24-22(27)15-30(29-24)14-18-6-2-5-9-21(18)26/h2-13,15H,14H2,1H3,(H,28,29,32). The lowest BCUT2D eigenvalue weighted by Crippen LogP contribution is -2.17. The van der Waals surface area contributed by atoms with Crippen LogP contribution in [0.3, 0.4) is 0 Å². The molecule has 1 amide bonds. The Kier molecular flexibility index (Phi) is 6.40. The van der Waals surface area contributed by atoms with Crippen molar-refractivity contribution in [3.05, 3.63) is 117 Å². The van der Waals surface area contributed by atoms with Crippen molar-refractivity contribution < 1.29 is 9.59 Å². The van der Waals surface area contributed by atoms with Crippen LogP contribution >= 0.6 is 23.2 Å². The van der Waals surface area contributed by atoms with E-state index in [-0.39, 0.29) is 22.2 Å². The van der Waals surface area contributed by atoms with Gasteiger partial charge in [-0.05, 0) is 24.6 Å². The van der Waals surface area contributed by atoms with Crippen LogP contribution in [0.1, 0.15) is 37.4 Å².